The Morgan fingerprint density at radius 3 is 2.24 bits per heavy atom. The number of nitrogens with zero attached hydrogens (tertiary/aromatic N) is 2. The molecule has 1 aromatic heterocycles. The molecule has 4 aromatic rings. The molecule has 8 heteroatoms. The van der Waals surface area contributed by atoms with Gasteiger partial charge in [0.05, 0.1) is 16.8 Å². The summed E-state index contributed by atoms with van der Waals surface area (Å²) in [5.41, 5.74) is 0.686. The molecule has 0 saturated heterocycles. The van der Waals surface area contributed by atoms with Crippen molar-refractivity contribution in [1.29, 1.82) is 0 Å². The van der Waals surface area contributed by atoms with Crippen molar-refractivity contribution in [3.05, 3.63) is 100 Å². The van der Waals surface area contributed by atoms with Crippen molar-refractivity contribution in [2.75, 3.05) is 11.9 Å². The van der Waals surface area contributed by atoms with Crippen molar-refractivity contribution >= 4 is 34.1 Å². The second-order valence-corrected chi connectivity index (χ2v) is 7.17. The second-order valence-electron chi connectivity index (χ2n) is 7.17. The number of ether oxygens (including phenoxy) is 1. The van der Waals surface area contributed by atoms with E-state index in [1.165, 1.54) is 6.92 Å². The van der Waals surface area contributed by atoms with Crippen molar-refractivity contribution < 1.29 is 19.1 Å². The van der Waals surface area contributed by atoms with Gasteiger partial charge < -0.3 is 10.1 Å². The number of carbonyl (C=O) groups excluding carboxylic acids is 3. The third-order valence-corrected chi connectivity index (χ3v) is 4.91. The highest BCUT2D eigenvalue weighted by atomic mass is 16.5. The zero-order valence-corrected chi connectivity index (χ0v) is 17.6. The monoisotopic (exact) mass is 441 g/mol. The lowest BCUT2D eigenvalue weighted by Gasteiger charge is -2.12. The van der Waals surface area contributed by atoms with Crippen LogP contribution in [-0.4, -0.2) is 34.0 Å². The highest BCUT2D eigenvalue weighted by Crippen LogP contribution is 2.17. The lowest BCUT2D eigenvalue weighted by molar-refractivity contribution is -0.119. The van der Waals surface area contributed by atoms with Gasteiger partial charge in [-0.25, -0.2) is 4.79 Å². The minimum absolute atomic E-state index is 0.0917. The fraction of sp³-hybridized carbons (Fsp3) is 0.0800. The molecule has 0 aliphatic heterocycles. The van der Waals surface area contributed by atoms with E-state index >= 15 is 0 Å². The van der Waals surface area contributed by atoms with Crippen LogP contribution in [0.4, 0.5) is 5.69 Å². The molecule has 0 saturated carbocycles. The summed E-state index contributed by atoms with van der Waals surface area (Å²) in [5.74, 6) is -1.68. The molecule has 0 atom stereocenters. The van der Waals surface area contributed by atoms with Gasteiger partial charge >= 0.3 is 5.97 Å². The average Bonchev–Trinajstić information content (AvgIpc) is 2.83. The summed E-state index contributed by atoms with van der Waals surface area (Å²) in [6.45, 7) is 0.801. The summed E-state index contributed by atoms with van der Waals surface area (Å²) in [5, 5.41) is 7.41. The summed E-state index contributed by atoms with van der Waals surface area (Å²) < 4.78 is 6.31. The summed E-state index contributed by atoms with van der Waals surface area (Å²) >= 11 is 0. The van der Waals surface area contributed by atoms with Crippen molar-refractivity contribution in [3.63, 3.8) is 0 Å². The van der Waals surface area contributed by atoms with E-state index in [9.17, 15) is 19.2 Å². The zero-order chi connectivity index (χ0) is 23.4. The first kappa shape index (κ1) is 21.6. The molecule has 1 amide bonds. The number of rotatable bonds is 6. The Labute approximate surface area is 188 Å². The van der Waals surface area contributed by atoms with E-state index in [0.717, 1.165) is 4.68 Å². The molecule has 164 valence electrons. The Hall–Kier alpha value is -4.59. The van der Waals surface area contributed by atoms with E-state index in [0.29, 0.717) is 27.7 Å². The third-order valence-electron chi connectivity index (χ3n) is 4.91. The van der Waals surface area contributed by atoms with Gasteiger partial charge in [-0.2, -0.15) is 9.78 Å². The fourth-order valence-electron chi connectivity index (χ4n) is 3.37. The molecule has 0 unspecified atom stereocenters. The number of fused-ring (bicyclic) bond motifs is 1. The summed E-state index contributed by atoms with van der Waals surface area (Å²) in [4.78, 5) is 49.8. The number of carbonyl (C=O) groups is 3. The number of ketones is 1. The summed E-state index contributed by atoms with van der Waals surface area (Å²) in [7, 11) is 0. The number of amides is 1. The average molecular weight is 441 g/mol. The Morgan fingerprint density at radius 1 is 0.879 bits per heavy atom. The number of anilines is 1. The summed E-state index contributed by atoms with van der Waals surface area (Å²) in [6.07, 6.45) is 0. The molecular weight excluding hydrogens is 422 g/mol. The molecule has 1 N–H and O–H groups in total. The Balaban J connectivity index is 1.60. The smallest absolute Gasteiger partial charge is 0.359 e. The number of para-hydroxylation sites is 2. The molecule has 0 spiro atoms. The molecule has 0 radical (unpaired) electrons. The highest BCUT2D eigenvalue weighted by molar-refractivity contribution is 6.05. The van der Waals surface area contributed by atoms with Crippen molar-refractivity contribution in [2.45, 2.75) is 6.92 Å². The van der Waals surface area contributed by atoms with Crippen LogP contribution in [0.5, 0.6) is 0 Å². The molecule has 1 heterocycles. The largest absolute Gasteiger partial charge is 0.451 e. The fourth-order valence-corrected chi connectivity index (χ4v) is 3.37. The van der Waals surface area contributed by atoms with Crippen LogP contribution < -0.4 is 10.9 Å². The number of esters is 1. The minimum Gasteiger partial charge on any atom is -0.451 e. The van der Waals surface area contributed by atoms with Crippen LogP contribution in [0, 0.1) is 0 Å². The van der Waals surface area contributed by atoms with E-state index < -0.39 is 18.5 Å². The van der Waals surface area contributed by atoms with Crippen LogP contribution in [0.1, 0.15) is 27.8 Å². The van der Waals surface area contributed by atoms with Gasteiger partial charge in [0.25, 0.3) is 11.5 Å². The molecule has 3 aromatic carbocycles. The lowest BCUT2D eigenvalue weighted by Crippen LogP contribution is -2.27. The van der Waals surface area contributed by atoms with Gasteiger partial charge in [-0.1, -0.05) is 48.5 Å². The van der Waals surface area contributed by atoms with Crippen LogP contribution in [0.15, 0.2) is 83.7 Å². The maximum atomic E-state index is 12.9. The van der Waals surface area contributed by atoms with Gasteiger partial charge in [-0.15, -0.1) is 0 Å². The predicted molar refractivity (Wildman–Crippen MR) is 123 cm³/mol. The molecule has 0 aliphatic rings. The second kappa shape index (κ2) is 9.27. The SMILES string of the molecule is CC(=O)c1ccccc1NC(=O)COC(=O)c1nn(-c2ccccc2)c(=O)c2ccccc12. The number of Topliss-reactive ketones (excluding diaryl/α,β-unsaturated/α-hetero) is 1. The van der Waals surface area contributed by atoms with E-state index in [4.69, 9.17) is 4.74 Å². The standard InChI is InChI=1S/C25H19N3O5/c1-16(29)18-11-7-8-14-21(18)26-22(30)15-33-25(32)23-19-12-5-6-13-20(19)24(31)28(27-23)17-9-3-2-4-10-17/h2-14H,15H2,1H3,(H,26,30). The predicted octanol–water partition coefficient (Wildman–Crippen LogP) is 3.38. The molecule has 4 rings (SSSR count). The van der Waals surface area contributed by atoms with Crippen LogP contribution in [0.25, 0.3) is 16.5 Å². The van der Waals surface area contributed by atoms with E-state index in [2.05, 4.69) is 10.4 Å². The lowest BCUT2D eigenvalue weighted by atomic mass is 10.1. The number of hydrogen-bond donors (Lipinski definition) is 1. The van der Waals surface area contributed by atoms with Crippen LogP contribution in [-0.2, 0) is 9.53 Å². The van der Waals surface area contributed by atoms with Crippen molar-refractivity contribution in [1.82, 2.24) is 9.78 Å². The van der Waals surface area contributed by atoms with Gasteiger partial charge in [0.15, 0.2) is 18.1 Å². The first-order valence-corrected chi connectivity index (χ1v) is 10.1. The summed E-state index contributed by atoms with van der Waals surface area (Å²) in [6, 6.07) is 21.8. The minimum atomic E-state index is -0.856. The quantitative estimate of drug-likeness (QED) is 0.363. The molecular formula is C25H19N3O5. The van der Waals surface area contributed by atoms with Crippen LogP contribution in [0.3, 0.4) is 0 Å². The molecule has 0 aliphatic carbocycles. The van der Waals surface area contributed by atoms with Crippen molar-refractivity contribution in [3.8, 4) is 5.69 Å². The van der Waals surface area contributed by atoms with Crippen LogP contribution in [0.2, 0.25) is 0 Å². The topological polar surface area (TPSA) is 107 Å². The van der Waals surface area contributed by atoms with E-state index in [1.54, 1.807) is 78.9 Å². The Kier molecular flexibility index (Phi) is 6.08. The highest BCUT2D eigenvalue weighted by Gasteiger charge is 2.20. The number of hydrogen-bond acceptors (Lipinski definition) is 6. The van der Waals surface area contributed by atoms with Gasteiger partial charge in [0, 0.05) is 10.9 Å². The van der Waals surface area contributed by atoms with Crippen LogP contribution >= 0.6 is 0 Å². The van der Waals surface area contributed by atoms with E-state index in [-0.39, 0.29) is 17.0 Å². The number of aromatic nitrogens is 2. The molecule has 33 heavy (non-hydrogen) atoms. The van der Waals surface area contributed by atoms with Gasteiger partial charge in [-0.3, -0.25) is 14.4 Å². The number of benzene rings is 3. The normalized spacial score (nSPS) is 10.6. The van der Waals surface area contributed by atoms with E-state index in [1.807, 2.05) is 0 Å². The number of nitrogens with one attached hydrogen (secondary N) is 1. The maximum Gasteiger partial charge on any atom is 0.359 e. The Bertz CT molecular complexity index is 1430. The Morgan fingerprint density at radius 2 is 1.52 bits per heavy atom. The third kappa shape index (κ3) is 4.54. The first-order chi connectivity index (χ1) is 16.0. The van der Waals surface area contributed by atoms with Gasteiger partial charge in [-0.05, 0) is 37.3 Å². The zero-order valence-electron chi connectivity index (χ0n) is 17.6. The van der Waals surface area contributed by atoms with Gasteiger partial charge in [0.2, 0.25) is 0 Å². The van der Waals surface area contributed by atoms with Gasteiger partial charge in [0.1, 0.15) is 0 Å². The molecule has 8 nitrogen and oxygen atoms in total. The van der Waals surface area contributed by atoms with Crippen molar-refractivity contribution in [2.24, 2.45) is 0 Å². The maximum absolute atomic E-state index is 12.9. The molecule has 0 fully saturated rings. The molecule has 0 bridgehead atoms. The first-order valence-electron chi connectivity index (χ1n) is 10.1.